The van der Waals surface area contributed by atoms with Gasteiger partial charge in [-0.3, -0.25) is 10.1 Å². The van der Waals surface area contributed by atoms with Gasteiger partial charge in [0.05, 0.1) is 10.6 Å². The van der Waals surface area contributed by atoms with Crippen molar-refractivity contribution in [2.75, 3.05) is 11.9 Å². The van der Waals surface area contributed by atoms with Gasteiger partial charge in [-0.15, -0.1) is 0 Å². The summed E-state index contributed by atoms with van der Waals surface area (Å²) >= 11 is 3.36. The van der Waals surface area contributed by atoms with Crippen molar-refractivity contribution in [3.8, 4) is 0 Å². The molecule has 0 unspecified atom stereocenters. The zero-order valence-corrected chi connectivity index (χ0v) is 11.2. The fourth-order valence-electron chi connectivity index (χ4n) is 1.12. The molecule has 88 valence electrons. The number of nitrogens with zero attached hydrogens (tertiary/aromatic N) is 1. The smallest absolute Gasteiger partial charge is 0.271 e. The van der Waals surface area contributed by atoms with Crippen LogP contribution in [0.3, 0.4) is 0 Å². The second kappa shape index (κ2) is 4.82. The summed E-state index contributed by atoms with van der Waals surface area (Å²) in [6, 6.07) is 4.70. The van der Waals surface area contributed by atoms with E-state index in [1.54, 1.807) is 6.07 Å². The molecule has 1 N–H and O–H groups in total. The Bertz CT molecular complexity index is 399. The number of nitrogens with one attached hydrogen (secondary N) is 1. The van der Waals surface area contributed by atoms with Crippen LogP contribution in [0.25, 0.3) is 0 Å². The first-order chi connectivity index (χ1) is 7.29. The Balaban J connectivity index is 2.86. The lowest BCUT2D eigenvalue weighted by Crippen LogP contribution is -2.19. The summed E-state index contributed by atoms with van der Waals surface area (Å²) in [7, 11) is 0. The number of non-ortho nitro benzene ring substituents is 1. The van der Waals surface area contributed by atoms with Crippen LogP contribution in [0.4, 0.5) is 11.4 Å². The summed E-state index contributed by atoms with van der Waals surface area (Å²) in [6.45, 7) is 7.06. The average molecular weight is 287 g/mol. The van der Waals surface area contributed by atoms with Gasteiger partial charge < -0.3 is 5.32 Å². The van der Waals surface area contributed by atoms with Gasteiger partial charge in [0.25, 0.3) is 5.69 Å². The first-order valence-corrected chi connectivity index (χ1v) is 5.77. The number of hydrogen-bond acceptors (Lipinski definition) is 3. The fraction of sp³-hybridized carbons (Fsp3) is 0.455. The van der Waals surface area contributed by atoms with Gasteiger partial charge in [-0.25, -0.2) is 0 Å². The molecule has 1 aromatic rings. The normalized spacial score (nSPS) is 11.2. The molecule has 0 spiro atoms. The maximum atomic E-state index is 10.6. The SMILES string of the molecule is CC(C)(C)CNc1cc([N+](=O)[O-])ccc1Br. The van der Waals surface area contributed by atoms with Gasteiger partial charge in [0.15, 0.2) is 0 Å². The minimum Gasteiger partial charge on any atom is -0.383 e. The zero-order chi connectivity index (χ0) is 12.3. The third kappa shape index (κ3) is 3.81. The second-order valence-electron chi connectivity index (χ2n) is 4.84. The number of rotatable bonds is 3. The van der Waals surface area contributed by atoms with E-state index in [0.29, 0.717) is 0 Å². The lowest BCUT2D eigenvalue weighted by molar-refractivity contribution is -0.384. The number of anilines is 1. The van der Waals surface area contributed by atoms with Crippen molar-refractivity contribution in [3.05, 3.63) is 32.8 Å². The van der Waals surface area contributed by atoms with E-state index in [9.17, 15) is 10.1 Å². The summed E-state index contributed by atoms with van der Waals surface area (Å²) in [4.78, 5) is 10.2. The van der Waals surface area contributed by atoms with Gasteiger partial charge in [-0.05, 0) is 27.4 Å². The summed E-state index contributed by atoms with van der Waals surface area (Å²) in [5.74, 6) is 0. The molecular weight excluding hydrogens is 272 g/mol. The van der Waals surface area contributed by atoms with Crippen molar-refractivity contribution in [1.82, 2.24) is 0 Å². The molecule has 0 aliphatic rings. The molecule has 0 aliphatic carbocycles. The molecule has 0 atom stereocenters. The Morgan fingerprint density at radius 2 is 2.06 bits per heavy atom. The number of nitro groups is 1. The lowest BCUT2D eigenvalue weighted by atomic mass is 9.97. The highest BCUT2D eigenvalue weighted by Gasteiger charge is 2.13. The molecule has 0 bridgehead atoms. The van der Waals surface area contributed by atoms with Crippen molar-refractivity contribution >= 4 is 27.3 Å². The van der Waals surface area contributed by atoms with Crippen LogP contribution < -0.4 is 5.32 Å². The second-order valence-corrected chi connectivity index (χ2v) is 5.69. The number of halogens is 1. The Hall–Kier alpha value is -1.10. The highest BCUT2D eigenvalue weighted by molar-refractivity contribution is 9.10. The Morgan fingerprint density at radius 1 is 1.44 bits per heavy atom. The van der Waals surface area contributed by atoms with Crippen LogP contribution in [0.1, 0.15) is 20.8 Å². The van der Waals surface area contributed by atoms with Crippen LogP contribution in [-0.2, 0) is 0 Å². The fourth-order valence-corrected chi connectivity index (χ4v) is 1.51. The predicted octanol–water partition coefficient (Wildman–Crippen LogP) is 3.82. The van der Waals surface area contributed by atoms with Gasteiger partial charge in [-0.2, -0.15) is 0 Å². The van der Waals surface area contributed by atoms with Crippen LogP contribution in [-0.4, -0.2) is 11.5 Å². The molecule has 0 aromatic heterocycles. The highest BCUT2D eigenvalue weighted by Crippen LogP contribution is 2.28. The first kappa shape index (κ1) is 13.0. The van der Waals surface area contributed by atoms with E-state index >= 15 is 0 Å². The Labute approximate surface area is 103 Å². The topological polar surface area (TPSA) is 55.2 Å². The van der Waals surface area contributed by atoms with Crippen molar-refractivity contribution in [3.63, 3.8) is 0 Å². The van der Waals surface area contributed by atoms with E-state index in [1.807, 2.05) is 0 Å². The van der Waals surface area contributed by atoms with Gasteiger partial charge >= 0.3 is 0 Å². The minimum absolute atomic E-state index is 0.0969. The van der Waals surface area contributed by atoms with E-state index < -0.39 is 4.92 Å². The van der Waals surface area contributed by atoms with E-state index in [4.69, 9.17) is 0 Å². The van der Waals surface area contributed by atoms with E-state index in [2.05, 4.69) is 42.0 Å². The Morgan fingerprint density at radius 3 is 2.56 bits per heavy atom. The molecule has 5 heteroatoms. The van der Waals surface area contributed by atoms with E-state index in [0.717, 1.165) is 16.7 Å². The number of hydrogen-bond donors (Lipinski definition) is 1. The van der Waals surface area contributed by atoms with Crippen molar-refractivity contribution in [1.29, 1.82) is 0 Å². The molecule has 1 aromatic carbocycles. The molecular formula is C11H15BrN2O2. The average Bonchev–Trinajstić information content (AvgIpc) is 2.14. The molecule has 16 heavy (non-hydrogen) atoms. The third-order valence-electron chi connectivity index (χ3n) is 1.97. The van der Waals surface area contributed by atoms with Crippen molar-refractivity contribution in [2.24, 2.45) is 5.41 Å². The van der Waals surface area contributed by atoms with E-state index in [-0.39, 0.29) is 11.1 Å². The van der Waals surface area contributed by atoms with Crippen LogP contribution in [0.5, 0.6) is 0 Å². The Kier molecular flexibility index (Phi) is 3.91. The van der Waals surface area contributed by atoms with E-state index in [1.165, 1.54) is 12.1 Å². The molecule has 0 saturated carbocycles. The van der Waals surface area contributed by atoms with Crippen LogP contribution in [0.2, 0.25) is 0 Å². The number of benzene rings is 1. The molecule has 4 nitrogen and oxygen atoms in total. The molecule has 0 radical (unpaired) electrons. The lowest BCUT2D eigenvalue weighted by Gasteiger charge is -2.20. The molecule has 0 fully saturated rings. The maximum absolute atomic E-state index is 10.6. The third-order valence-corrected chi connectivity index (χ3v) is 2.66. The summed E-state index contributed by atoms with van der Waals surface area (Å²) in [5.41, 5.74) is 0.980. The largest absolute Gasteiger partial charge is 0.383 e. The standard InChI is InChI=1S/C11H15BrN2O2/c1-11(2,3)7-13-10-6-8(14(15)16)4-5-9(10)12/h4-6,13H,7H2,1-3H3. The minimum atomic E-state index is -0.394. The molecule has 0 heterocycles. The summed E-state index contributed by atoms with van der Waals surface area (Å²) in [5, 5.41) is 13.8. The molecule has 0 aliphatic heterocycles. The van der Waals surface area contributed by atoms with Crippen molar-refractivity contribution < 1.29 is 4.92 Å². The van der Waals surface area contributed by atoms with Crippen molar-refractivity contribution in [2.45, 2.75) is 20.8 Å². The quantitative estimate of drug-likeness (QED) is 0.679. The van der Waals surface area contributed by atoms with Crippen LogP contribution in [0, 0.1) is 15.5 Å². The van der Waals surface area contributed by atoms with Crippen LogP contribution >= 0.6 is 15.9 Å². The van der Waals surface area contributed by atoms with Gasteiger partial charge in [0.2, 0.25) is 0 Å². The molecule has 1 rings (SSSR count). The predicted molar refractivity (Wildman–Crippen MR) is 68.7 cm³/mol. The van der Waals surface area contributed by atoms with Crippen LogP contribution in [0.15, 0.2) is 22.7 Å². The summed E-state index contributed by atoms with van der Waals surface area (Å²) in [6.07, 6.45) is 0. The zero-order valence-electron chi connectivity index (χ0n) is 9.58. The first-order valence-electron chi connectivity index (χ1n) is 4.97. The highest BCUT2D eigenvalue weighted by atomic mass is 79.9. The van der Waals surface area contributed by atoms with Gasteiger partial charge in [-0.1, -0.05) is 20.8 Å². The molecule has 0 saturated heterocycles. The monoisotopic (exact) mass is 286 g/mol. The van der Waals surface area contributed by atoms with Gasteiger partial charge in [0, 0.05) is 23.2 Å². The van der Waals surface area contributed by atoms with Gasteiger partial charge in [0.1, 0.15) is 0 Å². The summed E-state index contributed by atoms with van der Waals surface area (Å²) < 4.78 is 0.836. The molecule has 0 amide bonds. The maximum Gasteiger partial charge on any atom is 0.271 e. The number of nitro benzene ring substituents is 1.